The Bertz CT molecular complexity index is 739. The van der Waals surface area contributed by atoms with Crippen molar-refractivity contribution in [3.05, 3.63) is 48.3 Å². The Morgan fingerprint density at radius 2 is 1.85 bits per heavy atom. The molecule has 1 unspecified atom stereocenters. The van der Waals surface area contributed by atoms with Gasteiger partial charge >= 0.3 is 0 Å². The van der Waals surface area contributed by atoms with E-state index in [1.165, 1.54) is 5.69 Å². The van der Waals surface area contributed by atoms with E-state index >= 15 is 0 Å². The number of anilines is 2. The highest BCUT2D eigenvalue weighted by Crippen LogP contribution is 2.17. The fourth-order valence-electron chi connectivity index (χ4n) is 3.53. The highest BCUT2D eigenvalue weighted by molar-refractivity contribution is 5.93. The van der Waals surface area contributed by atoms with Gasteiger partial charge in [0.2, 0.25) is 5.95 Å². The first-order valence-electron chi connectivity index (χ1n) is 9.56. The first-order chi connectivity index (χ1) is 13.3. The van der Waals surface area contributed by atoms with Crippen molar-refractivity contribution in [1.82, 2.24) is 14.9 Å². The van der Waals surface area contributed by atoms with Crippen LogP contribution >= 0.6 is 0 Å². The lowest BCUT2D eigenvalue weighted by atomic mass is 10.2. The molecule has 1 atom stereocenters. The van der Waals surface area contributed by atoms with Crippen LogP contribution in [0.5, 0.6) is 0 Å². The van der Waals surface area contributed by atoms with Crippen LogP contribution < -0.4 is 10.2 Å². The molecule has 2 aromatic rings. The van der Waals surface area contributed by atoms with Gasteiger partial charge in [-0.2, -0.15) is 0 Å². The van der Waals surface area contributed by atoms with Crippen LogP contribution in [0.4, 0.5) is 11.6 Å². The van der Waals surface area contributed by atoms with Crippen molar-refractivity contribution in [2.45, 2.75) is 18.9 Å². The van der Waals surface area contributed by atoms with Crippen LogP contribution in [0.2, 0.25) is 0 Å². The highest BCUT2D eigenvalue weighted by atomic mass is 16.5. The van der Waals surface area contributed by atoms with Gasteiger partial charge in [-0.1, -0.05) is 18.2 Å². The molecular formula is C20H25N5O2. The maximum Gasteiger partial charge on any atom is 0.257 e. The molecule has 0 aliphatic carbocycles. The van der Waals surface area contributed by atoms with Gasteiger partial charge in [-0.3, -0.25) is 4.79 Å². The Balaban J connectivity index is 1.29. The fraction of sp³-hybridized carbons (Fsp3) is 0.450. The van der Waals surface area contributed by atoms with Gasteiger partial charge in [0.25, 0.3) is 5.91 Å². The normalized spacial score (nSPS) is 19.9. The number of aromatic nitrogens is 2. The van der Waals surface area contributed by atoms with E-state index in [2.05, 4.69) is 32.3 Å². The molecule has 1 aromatic carbocycles. The van der Waals surface area contributed by atoms with Crippen LogP contribution in [0.1, 0.15) is 23.2 Å². The van der Waals surface area contributed by atoms with E-state index in [-0.39, 0.29) is 12.0 Å². The summed E-state index contributed by atoms with van der Waals surface area (Å²) in [6.45, 7) is 4.60. The van der Waals surface area contributed by atoms with Gasteiger partial charge in [-0.05, 0) is 25.0 Å². The minimum Gasteiger partial charge on any atom is -0.376 e. The largest absolute Gasteiger partial charge is 0.376 e. The standard InChI is InChI=1S/C20H25N5O2/c26-19(25-10-8-24(9-11-25)17-5-2-1-3-6-17)16-13-21-20(22-14-16)23-15-18-7-4-12-27-18/h1-3,5-6,13-14,18H,4,7-12,15H2,(H,21,22,23). The van der Waals surface area contributed by atoms with Gasteiger partial charge in [-0.25, -0.2) is 9.97 Å². The smallest absolute Gasteiger partial charge is 0.257 e. The number of hydrogen-bond acceptors (Lipinski definition) is 6. The number of piperazine rings is 1. The van der Waals surface area contributed by atoms with Crippen LogP contribution in [-0.2, 0) is 4.74 Å². The number of amides is 1. The van der Waals surface area contributed by atoms with Gasteiger partial charge < -0.3 is 19.9 Å². The summed E-state index contributed by atoms with van der Waals surface area (Å²) in [7, 11) is 0. The van der Waals surface area contributed by atoms with Gasteiger partial charge in [0, 0.05) is 57.4 Å². The van der Waals surface area contributed by atoms with Crippen molar-refractivity contribution >= 4 is 17.5 Å². The molecule has 1 aromatic heterocycles. The predicted molar refractivity (Wildman–Crippen MR) is 104 cm³/mol. The van der Waals surface area contributed by atoms with E-state index < -0.39 is 0 Å². The topological polar surface area (TPSA) is 70.6 Å². The van der Waals surface area contributed by atoms with Gasteiger partial charge in [0.1, 0.15) is 0 Å². The first-order valence-corrected chi connectivity index (χ1v) is 9.56. The average molecular weight is 367 g/mol. The summed E-state index contributed by atoms with van der Waals surface area (Å²) >= 11 is 0. The molecule has 2 saturated heterocycles. The SMILES string of the molecule is O=C(c1cnc(NCC2CCCO2)nc1)N1CCN(c2ccccc2)CC1. The van der Waals surface area contributed by atoms with Crippen LogP contribution in [0.3, 0.4) is 0 Å². The van der Waals surface area contributed by atoms with E-state index in [0.29, 0.717) is 31.1 Å². The maximum absolute atomic E-state index is 12.7. The van der Waals surface area contributed by atoms with Gasteiger partial charge in [0.05, 0.1) is 11.7 Å². The van der Waals surface area contributed by atoms with E-state index in [9.17, 15) is 4.79 Å². The Labute approximate surface area is 159 Å². The summed E-state index contributed by atoms with van der Waals surface area (Å²) in [6.07, 6.45) is 5.63. The average Bonchev–Trinajstić information content (AvgIpc) is 3.27. The number of carbonyl (C=O) groups excluding carboxylic acids is 1. The number of nitrogens with zero attached hydrogens (tertiary/aromatic N) is 4. The predicted octanol–water partition coefficient (Wildman–Crippen LogP) is 2.03. The quantitative estimate of drug-likeness (QED) is 0.872. The lowest BCUT2D eigenvalue weighted by Gasteiger charge is -2.36. The molecule has 1 N–H and O–H groups in total. The molecule has 7 nitrogen and oxygen atoms in total. The number of ether oxygens (including phenoxy) is 1. The van der Waals surface area contributed by atoms with Crippen molar-refractivity contribution < 1.29 is 9.53 Å². The fourth-order valence-corrected chi connectivity index (χ4v) is 3.53. The third-order valence-corrected chi connectivity index (χ3v) is 5.10. The van der Waals surface area contributed by atoms with Crippen LogP contribution in [0, 0.1) is 0 Å². The summed E-state index contributed by atoms with van der Waals surface area (Å²) in [4.78, 5) is 25.4. The zero-order valence-corrected chi connectivity index (χ0v) is 15.4. The summed E-state index contributed by atoms with van der Waals surface area (Å²) in [5.74, 6) is 0.532. The molecule has 2 aliphatic heterocycles. The Morgan fingerprint density at radius 1 is 1.11 bits per heavy atom. The second kappa shape index (κ2) is 8.35. The number of nitrogens with one attached hydrogen (secondary N) is 1. The molecule has 0 spiro atoms. The lowest BCUT2D eigenvalue weighted by molar-refractivity contribution is 0.0746. The Kier molecular flexibility index (Phi) is 5.48. The van der Waals surface area contributed by atoms with E-state index in [1.807, 2.05) is 23.1 Å². The van der Waals surface area contributed by atoms with Crippen LogP contribution in [-0.4, -0.2) is 66.2 Å². The monoisotopic (exact) mass is 367 g/mol. The van der Waals surface area contributed by atoms with Crippen molar-refractivity contribution in [2.24, 2.45) is 0 Å². The highest BCUT2D eigenvalue weighted by Gasteiger charge is 2.23. The number of rotatable bonds is 5. The minimum atomic E-state index is -0.00612. The summed E-state index contributed by atoms with van der Waals surface area (Å²) in [5, 5.41) is 3.18. The molecule has 2 fully saturated rings. The second-order valence-electron chi connectivity index (χ2n) is 6.93. The molecular weight excluding hydrogens is 342 g/mol. The van der Waals surface area contributed by atoms with E-state index in [4.69, 9.17) is 4.74 Å². The third kappa shape index (κ3) is 4.36. The van der Waals surface area contributed by atoms with Gasteiger partial charge in [-0.15, -0.1) is 0 Å². The zero-order valence-electron chi connectivity index (χ0n) is 15.4. The van der Waals surface area contributed by atoms with E-state index in [1.54, 1.807) is 12.4 Å². The van der Waals surface area contributed by atoms with Gasteiger partial charge in [0.15, 0.2) is 0 Å². The molecule has 7 heteroatoms. The molecule has 0 radical (unpaired) electrons. The number of benzene rings is 1. The minimum absolute atomic E-state index is 0.00612. The van der Waals surface area contributed by atoms with Crippen LogP contribution in [0.15, 0.2) is 42.7 Å². The molecule has 0 saturated carbocycles. The van der Waals surface area contributed by atoms with Crippen molar-refractivity contribution in [3.63, 3.8) is 0 Å². The molecule has 27 heavy (non-hydrogen) atoms. The zero-order chi connectivity index (χ0) is 18.5. The Morgan fingerprint density at radius 3 is 2.52 bits per heavy atom. The van der Waals surface area contributed by atoms with Crippen molar-refractivity contribution in [1.29, 1.82) is 0 Å². The molecule has 3 heterocycles. The van der Waals surface area contributed by atoms with E-state index in [0.717, 1.165) is 32.5 Å². The van der Waals surface area contributed by atoms with Crippen molar-refractivity contribution in [2.75, 3.05) is 49.5 Å². The molecule has 2 aliphatic rings. The molecule has 0 bridgehead atoms. The maximum atomic E-state index is 12.7. The summed E-state index contributed by atoms with van der Waals surface area (Å²) in [5.41, 5.74) is 1.74. The number of para-hydroxylation sites is 1. The first kappa shape index (κ1) is 17.7. The summed E-state index contributed by atoms with van der Waals surface area (Å²) < 4.78 is 5.57. The molecule has 1 amide bonds. The summed E-state index contributed by atoms with van der Waals surface area (Å²) in [6, 6.07) is 10.3. The van der Waals surface area contributed by atoms with Crippen molar-refractivity contribution in [3.8, 4) is 0 Å². The second-order valence-corrected chi connectivity index (χ2v) is 6.93. The molecule has 4 rings (SSSR count). The third-order valence-electron chi connectivity index (χ3n) is 5.10. The molecule has 142 valence electrons. The Hall–Kier alpha value is -2.67. The number of carbonyl (C=O) groups is 1. The van der Waals surface area contributed by atoms with Crippen LogP contribution in [0.25, 0.3) is 0 Å². The number of hydrogen-bond donors (Lipinski definition) is 1. The lowest BCUT2D eigenvalue weighted by Crippen LogP contribution is -2.48.